The standard InChI is InChI=1S/C14H13Cl2N3/c15-13-5-1-9(7-17-13)11-3-4-12(19-11)10-2-6-14(16)18-8-10/h1-2,5-8,11-12,19H,3-4H2/i/hD. The molecule has 0 aliphatic carbocycles. The van der Waals surface area contributed by atoms with E-state index in [0.717, 1.165) is 24.0 Å². The molecule has 3 nitrogen and oxygen atoms in total. The van der Waals surface area contributed by atoms with Gasteiger partial charge in [0, 0.05) is 24.5 Å². The summed E-state index contributed by atoms with van der Waals surface area (Å²) in [6.07, 6.45) is 5.33. The molecule has 1 aliphatic rings. The van der Waals surface area contributed by atoms with Gasteiger partial charge < -0.3 is 5.31 Å². The molecule has 2 aromatic heterocycles. The smallest absolute Gasteiger partial charge is 0.129 e. The predicted octanol–water partition coefficient (Wildman–Crippen LogP) is 3.95. The molecular weight excluding hydrogens is 281 g/mol. The van der Waals surface area contributed by atoms with Crippen LogP contribution in [0, 0.1) is 0 Å². The summed E-state index contributed by atoms with van der Waals surface area (Å²) in [5.41, 5.74) is 2.04. The topological polar surface area (TPSA) is 37.8 Å². The van der Waals surface area contributed by atoms with Crippen molar-refractivity contribution in [1.82, 2.24) is 15.3 Å². The zero-order valence-electron chi connectivity index (χ0n) is 11.1. The van der Waals surface area contributed by atoms with Gasteiger partial charge in [-0.25, -0.2) is 9.97 Å². The molecule has 3 rings (SSSR count). The Balaban J connectivity index is 1.81. The van der Waals surface area contributed by atoms with Crippen LogP contribution in [0.15, 0.2) is 36.7 Å². The predicted molar refractivity (Wildman–Crippen MR) is 76.3 cm³/mol. The van der Waals surface area contributed by atoms with Crippen LogP contribution >= 0.6 is 23.2 Å². The van der Waals surface area contributed by atoms with Crippen LogP contribution in [0.1, 0.15) is 36.1 Å². The van der Waals surface area contributed by atoms with Gasteiger partial charge >= 0.3 is 0 Å². The van der Waals surface area contributed by atoms with Crippen molar-refractivity contribution in [1.29, 1.82) is 0 Å². The van der Waals surface area contributed by atoms with E-state index < -0.39 is 0 Å². The number of pyridine rings is 2. The van der Waals surface area contributed by atoms with Crippen molar-refractivity contribution in [3.05, 3.63) is 58.1 Å². The Hall–Kier alpha value is -1.16. The molecule has 1 saturated heterocycles. The van der Waals surface area contributed by atoms with Crippen LogP contribution < -0.4 is 5.31 Å². The maximum atomic E-state index is 8.34. The van der Waals surface area contributed by atoms with Crippen LogP contribution in [-0.4, -0.2) is 9.97 Å². The van der Waals surface area contributed by atoms with Gasteiger partial charge in [0.05, 0.1) is 0 Å². The number of hydrogen-bond acceptors (Lipinski definition) is 3. The summed E-state index contributed by atoms with van der Waals surface area (Å²) >= 11 is 11.6. The lowest BCUT2D eigenvalue weighted by Crippen LogP contribution is -2.17. The van der Waals surface area contributed by atoms with Crippen LogP contribution in [0.4, 0.5) is 0 Å². The van der Waals surface area contributed by atoms with Crippen molar-refractivity contribution in [2.45, 2.75) is 24.9 Å². The summed E-state index contributed by atoms with van der Waals surface area (Å²) in [5, 5.41) is 2.57. The minimum Gasteiger partial charge on any atom is -0.303 e. The fourth-order valence-electron chi connectivity index (χ4n) is 2.36. The third kappa shape index (κ3) is 2.89. The van der Waals surface area contributed by atoms with Crippen LogP contribution in [0.2, 0.25) is 11.7 Å². The highest BCUT2D eigenvalue weighted by Crippen LogP contribution is 2.34. The summed E-state index contributed by atoms with van der Waals surface area (Å²) < 4.78 is 8.34. The van der Waals surface area contributed by atoms with E-state index in [9.17, 15) is 0 Å². The number of aromatic nitrogens is 2. The van der Waals surface area contributed by atoms with E-state index in [1.165, 1.54) is 0 Å². The molecule has 2 aromatic rings. The highest BCUT2D eigenvalue weighted by molar-refractivity contribution is 6.29. The SMILES string of the molecule is [2H]N1C(c2ccc(Cl)nc2)CCC1c1ccc(Cl)nc1. The summed E-state index contributed by atoms with van der Waals surface area (Å²) in [6, 6.07) is 7.48. The van der Waals surface area contributed by atoms with E-state index in [0.29, 0.717) is 10.3 Å². The van der Waals surface area contributed by atoms with E-state index >= 15 is 0 Å². The van der Waals surface area contributed by atoms with Crippen molar-refractivity contribution in [2.75, 3.05) is 0 Å². The molecule has 2 atom stereocenters. The third-order valence-electron chi connectivity index (χ3n) is 3.34. The quantitative estimate of drug-likeness (QED) is 0.852. The van der Waals surface area contributed by atoms with Crippen LogP contribution in [0.3, 0.4) is 0 Å². The Morgan fingerprint density at radius 1 is 0.947 bits per heavy atom. The molecule has 0 aromatic carbocycles. The number of rotatable bonds is 2. The maximum absolute atomic E-state index is 8.34. The minimum absolute atomic E-state index is 0.0421. The zero-order valence-corrected chi connectivity index (χ0v) is 11.6. The van der Waals surface area contributed by atoms with Crippen molar-refractivity contribution >= 4 is 23.2 Å². The molecule has 3 heterocycles. The Morgan fingerprint density at radius 2 is 1.42 bits per heavy atom. The van der Waals surface area contributed by atoms with Crippen molar-refractivity contribution < 1.29 is 1.41 Å². The summed E-state index contributed by atoms with van der Waals surface area (Å²) in [4.78, 5) is 8.19. The second-order valence-corrected chi connectivity index (χ2v) is 5.36. The molecule has 0 spiro atoms. The van der Waals surface area contributed by atoms with Gasteiger partial charge in [-0.3, -0.25) is 0 Å². The number of nitrogens with zero attached hydrogens (tertiary/aromatic N) is 2. The Bertz CT molecular complexity index is 535. The first-order valence-corrected chi connectivity index (χ1v) is 6.91. The molecule has 0 saturated carbocycles. The fraction of sp³-hybridized carbons (Fsp3) is 0.286. The van der Waals surface area contributed by atoms with E-state index in [2.05, 4.69) is 9.97 Å². The molecule has 98 valence electrons. The summed E-state index contributed by atoms with van der Waals surface area (Å²) in [7, 11) is 0. The summed E-state index contributed by atoms with van der Waals surface area (Å²) in [6.45, 7) is 0. The molecule has 0 bridgehead atoms. The van der Waals surface area contributed by atoms with Crippen LogP contribution in [0.25, 0.3) is 0 Å². The van der Waals surface area contributed by atoms with Gasteiger partial charge in [-0.15, -0.1) is 0 Å². The molecule has 19 heavy (non-hydrogen) atoms. The van der Waals surface area contributed by atoms with Gasteiger partial charge in [-0.05, 0) is 36.1 Å². The van der Waals surface area contributed by atoms with Crippen molar-refractivity contribution in [3.63, 3.8) is 0 Å². The second kappa shape index (κ2) is 5.45. The highest BCUT2D eigenvalue weighted by atomic mass is 35.5. The van der Waals surface area contributed by atoms with E-state index in [-0.39, 0.29) is 12.1 Å². The average molecular weight is 295 g/mol. The summed E-state index contributed by atoms with van der Waals surface area (Å²) in [5.74, 6) is 0. The lowest BCUT2D eigenvalue weighted by molar-refractivity contribution is 0.572. The maximum Gasteiger partial charge on any atom is 0.129 e. The lowest BCUT2D eigenvalue weighted by atomic mass is 10.1. The monoisotopic (exact) mass is 294 g/mol. The molecular formula is C14H13Cl2N3. The first-order chi connectivity index (χ1) is 9.65. The first-order valence-electron chi connectivity index (χ1n) is 6.60. The number of nitrogens with one attached hydrogen (secondary N) is 1. The molecule has 0 radical (unpaired) electrons. The zero-order chi connectivity index (χ0) is 14.1. The normalized spacial score (nSPS) is 24.4. The van der Waals surface area contributed by atoms with Gasteiger partial charge in [0.25, 0.3) is 0 Å². The van der Waals surface area contributed by atoms with E-state index in [1.54, 1.807) is 29.8 Å². The van der Waals surface area contributed by atoms with Gasteiger partial charge in [0.2, 0.25) is 0 Å². The largest absolute Gasteiger partial charge is 0.303 e. The average Bonchev–Trinajstić information content (AvgIpc) is 2.83. The minimum atomic E-state index is 0.0421. The molecule has 1 N–H and O–H groups in total. The Labute approximate surface area is 123 Å². The van der Waals surface area contributed by atoms with Crippen LogP contribution in [-0.2, 0) is 0 Å². The third-order valence-corrected chi connectivity index (χ3v) is 3.79. The molecule has 0 amide bonds. The lowest BCUT2D eigenvalue weighted by Gasteiger charge is -2.14. The van der Waals surface area contributed by atoms with Crippen LogP contribution in [0.5, 0.6) is 0 Å². The van der Waals surface area contributed by atoms with Gasteiger partial charge in [0.1, 0.15) is 11.7 Å². The second-order valence-electron chi connectivity index (χ2n) is 4.59. The Kier molecular flexibility index (Phi) is 3.34. The first kappa shape index (κ1) is 11.6. The molecule has 1 aliphatic heterocycles. The van der Waals surface area contributed by atoms with E-state index in [1.807, 2.05) is 12.1 Å². The molecule has 5 heteroatoms. The number of halogens is 2. The number of hydrogen-bond donors (Lipinski definition) is 1. The Morgan fingerprint density at radius 3 is 1.79 bits per heavy atom. The fourth-order valence-corrected chi connectivity index (χ4v) is 2.58. The van der Waals surface area contributed by atoms with E-state index in [4.69, 9.17) is 24.6 Å². The van der Waals surface area contributed by atoms with Crippen molar-refractivity contribution in [2.24, 2.45) is 0 Å². The van der Waals surface area contributed by atoms with Gasteiger partial charge in [-0.2, -0.15) is 0 Å². The van der Waals surface area contributed by atoms with Gasteiger partial charge in [0.15, 0.2) is 0 Å². The van der Waals surface area contributed by atoms with Gasteiger partial charge in [-0.1, -0.05) is 35.3 Å². The molecule has 1 fully saturated rings. The molecule has 2 unspecified atom stereocenters. The van der Waals surface area contributed by atoms with Crippen molar-refractivity contribution in [3.8, 4) is 0 Å². The highest BCUT2D eigenvalue weighted by Gasteiger charge is 2.26.